The minimum Gasteiger partial charge on any atom is -0.346 e. The Bertz CT molecular complexity index is 927. The Hall–Kier alpha value is -1.89. The Kier molecular flexibility index (Phi) is 5.95. The molecule has 154 valence electrons. The SMILES string of the molecule is CC(C)N1CCc2ccc(N3CC(NC(=O)c4ccc(Cl)s4)CC3=O)cc2CC1. The van der Waals surface area contributed by atoms with Crippen LogP contribution in [0.2, 0.25) is 4.34 Å². The van der Waals surface area contributed by atoms with Crippen LogP contribution in [0.5, 0.6) is 0 Å². The summed E-state index contributed by atoms with van der Waals surface area (Å²) >= 11 is 7.16. The van der Waals surface area contributed by atoms with Crippen molar-refractivity contribution >= 4 is 40.4 Å². The zero-order chi connectivity index (χ0) is 20.5. The van der Waals surface area contributed by atoms with E-state index in [1.807, 2.05) is 6.07 Å². The maximum atomic E-state index is 12.6. The lowest BCUT2D eigenvalue weighted by molar-refractivity contribution is -0.117. The van der Waals surface area contributed by atoms with E-state index >= 15 is 0 Å². The molecular weight excluding hydrogens is 406 g/mol. The number of halogens is 1. The van der Waals surface area contributed by atoms with Crippen molar-refractivity contribution in [2.24, 2.45) is 0 Å². The van der Waals surface area contributed by atoms with Gasteiger partial charge in [0.15, 0.2) is 0 Å². The van der Waals surface area contributed by atoms with Gasteiger partial charge in [-0.05, 0) is 62.1 Å². The molecule has 1 fully saturated rings. The Morgan fingerprint density at radius 2 is 1.93 bits per heavy atom. The minimum atomic E-state index is -0.189. The third kappa shape index (κ3) is 4.49. The molecule has 1 aromatic heterocycles. The van der Waals surface area contributed by atoms with Crippen LogP contribution in [0.3, 0.4) is 0 Å². The number of benzene rings is 1. The molecule has 0 aliphatic carbocycles. The molecule has 1 unspecified atom stereocenters. The summed E-state index contributed by atoms with van der Waals surface area (Å²) in [4.78, 5) is 29.9. The summed E-state index contributed by atoms with van der Waals surface area (Å²) < 4.78 is 0.584. The lowest BCUT2D eigenvalue weighted by Gasteiger charge is -2.23. The number of nitrogens with zero attached hydrogens (tertiary/aromatic N) is 2. The second-order valence-corrected chi connectivity index (χ2v) is 9.78. The average Bonchev–Trinajstić information content (AvgIpc) is 3.20. The third-order valence-electron chi connectivity index (χ3n) is 5.83. The molecule has 2 amide bonds. The van der Waals surface area contributed by atoms with Gasteiger partial charge in [-0.1, -0.05) is 17.7 Å². The van der Waals surface area contributed by atoms with Crippen LogP contribution in [0.1, 0.15) is 41.1 Å². The van der Waals surface area contributed by atoms with Gasteiger partial charge in [-0.2, -0.15) is 0 Å². The van der Waals surface area contributed by atoms with Crippen molar-refractivity contribution in [2.75, 3.05) is 24.5 Å². The highest BCUT2D eigenvalue weighted by Gasteiger charge is 2.32. The van der Waals surface area contributed by atoms with E-state index < -0.39 is 0 Å². The number of carbonyl (C=O) groups excluding carboxylic acids is 2. The largest absolute Gasteiger partial charge is 0.346 e. The number of amides is 2. The summed E-state index contributed by atoms with van der Waals surface area (Å²) in [5.74, 6) is -0.117. The quantitative estimate of drug-likeness (QED) is 0.802. The highest BCUT2D eigenvalue weighted by Crippen LogP contribution is 2.27. The molecule has 29 heavy (non-hydrogen) atoms. The molecule has 4 rings (SSSR count). The summed E-state index contributed by atoms with van der Waals surface area (Å²) in [6.07, 6.45) is 2.37. The predicted molar refractivity (Wildman–Crippen MR) is 118 cm³/mol. The second kappa shape index (κ2) is 8.46. The molecule has 0 saturated carbocycles. The normalized spacial score (nSPS) is 20.1. The maximum Gasteiger partial charge on any atom is 0.261 e. The van der Waals surface area contributed by atoms with Gasteiger partial charge in [-0.15, -0.1) is 11.3 Å². The van der Waals surface area contributed by atoms with Gasteiger partial charge >= 0.3 is 0 Å². The zero-order valence-electron chi connectivity index (χ0n) is 16.8. The monoisotopic (exact) mass is 431 g/mol. The van der Waals surface area contributed by atoms with Crippen molar-refractivity contribution in [3.63, 3.8) is 0 Å². The first kappa shape index (κ1) is 20.4. The van der Waals surface area contributed by atoms with E-state index in [9.17, 15) is 9.59 Å². The van der Waals surface area contributed by atoms with Crippen LogP contribution in [-0.4, -0.2) is 48.4 Å². The molecule has 3 heterocycles. The van der Waals surface area contributed by atoms with Gasteiger partial charge in [0.05, 0.1) is 15.3 Å². The van der Waals surface area contributed by atoms with Crippen LogP contribution in [0.4, 0.5) is 5.69 Å². The Balaban J connectivity index is 1.44. The summed E-state index contributed by atoms with van der Waals surface area (Å²) in [6, 6.07) is 10.2. The number of carbonyl (C=O) groups is 2. The molecule has 2 aliphatic heterocycles. The first-order chi connectivity index (χ1) is 13.9. The van der Waals surface area contributed by atoms with Gasteiger partial charge in [0.25, 0.3) is 5.91 Å². The van der Waals surface area contributed by atoms with Gasteiger partial charge in [0.2, 0.25) is 5.91 Å². The molecule has 2 aromatic rings. The van der Waals surface area contributed by atoms with Crippen molar-refractivity contribution in [1.29, 1.82) is 0 Å². The molecule has 0 bridgehead atoms. The highest BCUT2D eigenvalue weighted by molar-refractivity contribution is 7.18. The van der Waals surface area contributed by atoms with E-state index in [0.29, 0.717) is 28.2 Å². The fourth-order valence-corrected chi connectivity index (χ4v) is 5.11. The van der Waals surface area contributed by atoms with Crippen molar-refractivity contribution in [3.05, 3.63) is 50.7 Å². The molecule has 1 saturated heterocycles. The van der Waals surface area contributed by atoms with Gasteiger partial charge in [-0.3, -0.25) is 9.59 Å². The first-order valence-corrected chi connectivity index (χ1v) is 11.3. The summed E-state index contributed by atoms with van der Waals surface area (Å²) in [7, 11) is 0. The minimum absolute atomic E-state index is 0.0527. The lowest BCUT2D eigenvalue weighted by Crippen LogP contribution is -2.36. The van der Waals surface area contributed by atoms with Crippen LogP contribution in [0.25, 0.3) is 0 Å². The Morgan fingerprint density at radius 1 is 1.17 bits per heavy atom. The zero-order valence-corrected chi connectivity index (χ0v) is 18.4. The number of anilines is 1. The van der Waals surface area contributed by atoms with E-state index in [0.717, 1.165) is 31.6 Å². The van der Waals surface area contributed by atoms with E-state index in [-0.39, 0.29) is 17.9 Å². The van der Waals surface area contributed by atoms with Crippen LogP contribution in [0.15, 0.2) is 30.3 Å². The van der Waals surface area contributed by atoms with E-state index in [1.165, 1.54) is 22.5 Å². The van der Waals surface area contributed by atoms with E-state index in [2.05, 4.69) is 36.2 Å². The van der Waals surface area contributed by atoms with Crippen LogP contribution in [-0.2, 0) is 17.6 Å². The number of fused-ring (bicyclic) bond motifs is 1. The fourth-order valence-electron chi connectivity index (χ4n) is 4.16. The van der Waals surface area contributed by atoms with Gasteiger partial charge in [-0.25, -0.2) is 0 Å². The standard InChI is InChI=1S/C22H26ClN3O2S/c1-14(2)25-9-7-15-3-4-18(11-16(15)8-10-25)26-13-17(12-21(26)27)24-22(28)19-5-6-20(23)29-19/h3-6,11,14,17H,7-10,12-13H2,1-2H3,(H,24,28). The molecule has 2 aliphatic rings. The first-order valence-electron chi connectivity index (χ1n) is 10.1. The molecule has 7 heteroatoms. The number of thiophene rings is 1. The third-order valence-corrected chi connectivity index (χ3v) is 7.06. The number of hydrogen-bond acceptors (Lipinski definition) is 4. The number of rotatable bonds is 4. The predicted octanol–water partition coefficient (Wildman–Crippen LogP) is 3.75. The second-order valence-electron chi connectivity index (χ2n) is 8.07. The molecule has 1 N–H and O–H groups in total. The molecule has 5 nitrogen and oxygen atoms in total. The molecule has 0 spiro atoms. The highest BCUT2D eigenvalue weighted by atomic mass is 35.5. The summed E-state index contributed by atoms with van der Waals surface area (Å²) in [5.41, 5.74) is 3.64. The van der Waals surface area contributed by atoms with Crippen molar-refractivity contribution in [3.8, 4) is 0 Å². The number of hydrogen-bond donors (Lipinski definition) is 1. The summed E-state index contributed by atoms with van der Waals surface area (Å²) in [5, 5.41) is 2.97. The molecule has 1 atom stereocenters. The Morgan fingerprint density at radius 3 is 2.62 bits per heavy atom. The van der Waals surface area contributed by atoms with Crippen molar-refractivity contribution < 1.29 is 9.59 Å². The number of nitrogens with one attached hydrogen (secondary N) is 1. The topological polar surface area (TPSA) is 52.6 Å². The maximum absolute atomic E-state index is 12.6. The molecule has 1 aromatic carbocycles. The summed E-state index contributed by atoms with van der Waals surface area (Å²) in [6.45, 7) is 7.10. The van der Waals surface area contributed by atoms with E-state index in [4.69, 9.17) is 11.6 Å². The van der Waals surface area contributed by atoms with Crippen LogP contribution >= 0.6 is 22.9 Å². The fraction of sp³-hybridized carbons (Fsp3) is 0.455. The van der Waals surface area contributed by atoms with Gasteiger partial charge < -0.3 is 15.1 Å². The van der Waals surface area contributed by atoms with E-state index in [1.54, 1.807) is 17.0 Å². The van der Waals surface area contributed by atoms with Crippen molar-refractivity contribution in [2.45, 2.75) is 45.2 Å². The van der Waals surface area contributed by atoms with Gasteiger partial charge in [0.1, 0.15) is 0 Å². The Labute approximate surface area is 180 Å². The smallest absolute Gasteiger partial charge is 0.261 e. The average molecular weight is 432 g/mol. The van der Waals surface area contributed by atoms with Crippen molar-refractivity contribution in [1.82, 2.24) is 10.2 Å². The molecular formula is C22H26ClN3O2S. The van der Waals surface area contributed by atoms with Crippen LogP contribution < -0.4 is 10.2 Å². The van der Waals surface area contributed by atoms with Gasteiger partial charge in [0, 0.05) is 37.8 Å². The van der Waals surface area contributed by atoms with Crippen LogP contribution in [0, 0.1) is 0 Å². The molecule has 0 radical (unpaired) electrons. The lowest BCUT2D eigenvalue weighted by atomic mass is 10.0.